The topological polar surface area (TPSA) is 17.8 Å². The van der Waals surface area contributed by atoms with Crippen molar-refractivity contribution in [1.29, 1.82) is 0 Å². The molecule has 0 saturated carbocycles. The van der Waals surface area contributed by atoms with E-state index in [1.165, 1.54) is 0 Å². The maximum absolute atomic E-state index is 6.30. The highest BCUT2D eigenvalue weighted by molar-refractivity contribution is 6.30. The Labute approximate surface area is 98.5 Å². The summed E-state index contributed by atoms with van der Waals surface area (Å²) in [6.45, 7) is 0. The Bertz CT molecular complexity index is 448. The quantitative estimate of drug-likeness (QED) is 0.737. The van der Waals surface area contributed by atoms with Gasteiger partial charge in [0.25, 0.3) is 0 Å². The zero-order valence-corrected chi connectivity index (χ0v) is 9.70. The Morgan fingerprint density at radius 2 is 1.93 bits per heavy atom. The van der Waals surface area contributed by atoms with Gasteiger partial charge in [0.05, 0.1) is 0 Å². The first-order valence-corrected chi connectivity index (χ1v) is 5.36. The fourth-order valence-corrected chi connectivity index (χ4v) is 1.88. The van der Waals surface area contributed by atoms with E-state index in [0.717, 1.165) is 11.4 Å². The number of alkyl halides is 1. The molecule has 78 valence electrons. The molecule has 0 spiro atoms. The normalized spacial score (nSPS) is 12.7. The summed E-state index contributed by atoms with van der Waals surface area (Å²) in [7, 11) is 1.92. The molecular formula is C11H10Cl2N2. The van der Waals surface area contributed by atoms with Crippen LogP contribution in [0.4, 0.5) is 0 Å². The molecule has 0 bridgehead atoms. The molecule has 1 heterocycles. The van der Waals surface area contributed by atoms with Crippen molar-refractivity contribution >= 4 is 23.2 Å². The van der Waals surface area contributed by atoms with Gasteiger partial charge < -0.3 is 4.57 Å². The summed E-state index contributed by atoms with van der Waals surface area (Å²) in [5.74, 6) is 0.832. The van der Waals surface area contributed by atoms with E-state index < -0.39 is 0 Å². The molecule has 15 heavy (non-hydrogen) atoms. The monoisotopic (exact) mass is 240 g/mol. The Hall–Kier alpha value is -0.990. The van der Waals surface area contributed by atoms with Crippen LogP contribution < -0.4 is 0 Å². The van der Waals surface area contributed by atoms with Crippen molar-refractivity contribution < 1.29 is 0 Å². The van der Waals surface area contributed by atoms with Gasteiger partial charge in [0, 0.05) is 24.5 Å². The van der Waals surface area contributed by atoms with Crippen LogP contribution >= 0.6 is 23.2 Å². The van der Waals surface area contributed by atoms with Gasteiger partial charge in [-0.1, -0.05) is 23.7 Å². The van der Waals surface area contributed by atoms with E-state index >= 15 is 0 Å². The molecule has 0 saturated heterocycles. The predicted octanol–water partition coefficient (Wildman–Crippen LogP) is 3.40. The van der Waals surface area contributed by atoms with E-state index in [0.29, 0.717) is 5.02 Å². The molecule has 0 aliphatic carbocycles. The largest absolute Gasteiger partial charge is 0.336 e. The third kappa shape index (κ3) is 2.16. The highest BCUT2D eigenvalue weighted by atomic mass is 35.5. The van der Waals surface area contributed by atoms with Crippen molar-refractivity contribution in [3.63, 3.8) is 0 Å². The van der Waals surface area contributed by atoms with Crippen LogP contribution in [0, 0.1) is 0 Å². The molecule has 2 aromatic rings. The second kappa shape index (κ2) is 4.25. The molecule has 4 heteroatoms. The minimum Gasteiger partial charge on any atom is -0.336 e. The number of aryl methyl sites for hydroxylation is 1. The lowest BCUT2D eigenvalue weighted by Crippen LogP contribution is -2.01. The summed E-state index contributed by atoms with van der Waals surface area (Å²) in [5, 5.41) is 0.477. The van der Waals surface area contributed by atoms with Gasteiger partial charge in [0.2, 0.25) is 0 Å². The van der Waals surface area contributed by atoms with Gasteiger partial charge in [-0.2, -0.15) is 0 Å². The predicted molar refractivity (Wildman–Crippen MR) is 62.4 cm³/mol. The maximum atomic E-state index is 6.30. The summed E-state index contributed by atoms with van der Waals surface area (Å²) in [6.07, 6.45) is 3.61. The Balaban J connectivity index is 2.32. The number of aromatic nitrogens is 2. The van der Waals surface area contributed by atoms with Gasteiger partial charge in [0.1, 0.15) is 11.2 Å². The van der Waals surface area contributed by atoms with Crippen LogP contribution in [0.1, 0.15) is 16.8 Å². The molecule has 0 radical (unpaired) electrons. The van der Waals surface area contributed by atoms with Crippen LogP contribution in [0.2, 0.25) is 5.02 Å². The van der Waals surface area contributed by atoms with Crippen molar-refractivity contribution in [2.75, 3.05) is 0 Å². The van der Waals surface area contributed by atoms with Crippen molar-refractivity contribution in [2.45, 2.75) is 5.38 Å². The standard InChI is InChI=1S/C11H10Cl2N2/c1-15-7-6-14-11(15)10(13)8-2-4-9(12)5-3-8/h2-7,10H,1H3/t10-/m1/s1. The van der Waals surface area contributed by atoms with Gasteiger partial charge in [0.15, 0.2) is 0 Å². The number of rotatable bonds is 2. The lowest BCUT2D eigenvalue weighted by Gasteiger charge is -2.09. The minimum atomic E-state index is -0.234. The Morgan fingerprint density at radius 3 is 2.47 bits per heavy atom. The van der Waals surface area contributed by atoms with Crippen molar-refractivity contribution in [3.8, 4) is 0 Å². The van der Waals surface area contributed by atoms with Crippen LogP contribution in [0.3, 0.4) is 0 Å². The number of imidazole rings is 1. The van der Waals surface area contributed by atoms with Gasteiger partial charge in [-0.25, -0.2) is 4.98 Å². The van der Waals surface area contributed by atoms with Gasteiger partial charge >= 0.3 is 0 Å². The fraction of sp³-hybridized carbons (Fsp3) is 0.182. The number of benzene rings is 1. The summed E-state index contributed by atoms with van der Waals surface area (Å²) in [4.78, 5) is 4.21. The van der Waals surface area contributed by atoms with Crippen LogP contribution in [0.15, 0.2) is 36.7 Å². The summed E-state index contributed by atoms with van der Waals surface area (Å²) in [6, 6.07) is 7.48. The lowest BCUT2D eigenvalue weighted by atomic mass is 10.1. The molecule has 2 rings (SSSR count). The minimum absolute atomic E-state index is 0.234. The first-order chi connectivity index (χ1) is 7.18. The number of hydrogen-bond acceptors (Lipinski definition) is 1. The highest BCUT2D eigenvalue weighted by Crippen LogP contribution is 2.27. The number of nitrogens with zero attached hydrogens (tertiary/aromatic N) is 2. The van der Waals surface area contributed by atoms with Crippen molar-refractivity contribution in [3.05, 3.63) is 53.1 Å². The average molecular weight is 241 g/mol. The zero-order valence-electron chi connectivity index (χ0n) is 8.19. The summed E-state index contributed by atoms with van der Waals surface area (Å²) >= 11 is 12.1. The van der Waals surface area contributed by atoms with Crippen LogP contribution in [-0.4, -0.2) is 9.55 Å². The van der Waals surface area contributed by atoms with Crippen molar-refractivity contribution in [2.24, 2.45) is 7.05 Å². The smallest absolute Gasteiger partial charge is 0.131 e. The molecule has 0 aliphatic rings. The second-order valence-corrected chi connectivity index (χ2v) is 4.18. The van der Waals surface area contributed by atoms with Crippen LogP contribution in [0.5, 0.6) is 0 Å². The SMILES string of the molecule is Cn1ccnc1[C@H](Cl)c1ccc(Cl)cc1. The number of hydrogen-bond donors (Lipinski definition) is 0. The van der Waals surface area contributed by atoms with Gasteiger partial charge in [-0.15, -0.1) is 11.6 Å². The van der Waals surface area contributed by atoms with E-state index in [2.05, 4.69) is 4.98 Å². The molecule has 1 aromatic carbocycles. The molecule has 0 fully saturated rings. The molecule has 0 aliphatic heterocycles. The van der Waals surface area contributed by atoms with Crippen LogP contribution in [0.25, 0.3) is 0 Å². The van der Waals surface area contributed by atoms with E-state index in [1.807, 2.05) is 42.1 Å². The van der Waals surface area contributed by atoms with Gasteiger partial charge in [-0.05, 0) is 17.7 Å². The maximum Gasteiger partial charge on any atom is 0.131 e. The fourth-order valence-electron chi connectivity index (χ4n) is 1.40. The second-order valence-electron chi connectivity index (χ2n) is 3.31. The molecule has 0 amide bonds. The molecule has 2 nitrogen and oxygen atoms in total. The Kier molecular flexibility index (Phi) is 2.98. The summed E-state index contributed by atoms with van der Waals surface area (Å²) < 4.78 is 1.91. The molecule has 1 aromatic heterocycles. The molecule has 0 unspecified atom stereocenters. The molecule has 0 N–H and O–H groups in total. The zero-order chi connectivity index (χ0) is 10.8. The third-order valence-electron chi connectivity index (χ3n) is 2.25. The number of halogens is 2. The Morgan fingerprint density at radius 1 is 1.27 bits per heavy atom. The summed E-state index contributed by atoms with van der Waals surface area (Å²) in [5.41, 5.74) is 0.996. The third-order valence-corrected chi connectivity index (χ3v) is 2.95. The van der Waals surface area contributed by atoms with E-state index in [9.17, 15) is 0 Å². The molecular weight excluding hydrogens is 231 g/mol. The van der Waals surface area contributed by atoms with Crippen molar-refractivity contribution in [1.82, 2.24) is 9.55 Å². The van der Waals surface area contributed by atoms with Gasteiger partial charge in [-0.3, -0.25) is 0 Å². The highest BCUT2D eigenvalue weighted by Gasteiger charge is 2.14. The van der Waals surface area contributed by atoms with E-state index in [1.54, 1.807) is 6.20 Å². The van der Waals surface area contributed by atoms with E-state index in [-0.39, 0.29) is 5.38 Å². The first kappa shape index (κ1) is 10.5. The average Bonchev–Trinajstić information content (AvgIpc) is 2.65. The van der Waals surface area contributed by atoms with E-state index in [4.69, 9.17) is 23.2 Å². The van der Waals surface area contributed by atoms with Crippen LogP contribution in [-0.2, 0) is 7.05 Å². The lowest BCUT2D eigenvalue weighted by molar-refractivity contribution is 0.809. The first-order valence-electron chi connectivity index (χ1n) is 4.55. The molecule has 1 atom stereocenters.